The zero-order valence-electron chi connectivity index (χ0n) is 28.9. The largest absolute Gasteiger partial charge is 0.490 e. The van der Waals surface area contributed by atoms with Crippen molar-refractivity contribution in [3.8, 4) is 5.75 Å². The molecule has 2 aromatic carbocycles. The lowest BCUT2D eigenvalue weighted by Crippen LogP contribution is -2.49. The number of anilines is 1. The summed E-state index contributed by atoms with van der Waals surface area (Å²) in [5, 5.41) is 4.80. The predicted octanol–water partition coefficient (Wildman–Crippen LogP) is 5.65. The summed E-state index contributed by atoms with van der Waals surface area (Å²) >= 11 is 6.46. The van der Waals surface area contributed by atoms with Crippen LogP contribution >= 0.6 is 11.6 Å². The number of benzene rings is 2. The van der Waals surface area contributed by atoms with E-state index in [0.717, 1.165) is 42.8 Å². The Morgan fingerprint density at radius 3 is 2.76 bits per heavy atom. The van der Waals surface area contributed by atoms with Crippen molar-refractivity contribution in [1.82, 2.24) is 14.5 Å². The molecule has 1 N–H and O–H groups in total. The van der Waals surface area contributed by atoms with Crippen LogP contribution in [0.4, 0.5) is 5.69 Å². The molecular formula is C37H44ClN5O6S. The fourth-order valence-corrected chi connectivity index (χ4v) is 9.60. The highest BCUT2D eigenvalue weighted by atomic mass is 35.5. The first-order valence-electron chi connectivity index (χ1n) is 17.2. The number of carbonyl (C=O) groups is 2. The van der Waals surface area contributed by atoms with Crippen LogP contribution in [0.15, 0.2) is 70.2 Å². The van der Waals surface area contributed by atoms with Gasteiger partial charge in [0.15, 0.2) is 9.92 Å². The molecule has 1 saturated carbocycles. The molecule has 2 aliphatic heterocycles. The van der Waals surface area contributed by atoms with Gasteiger partial charge in [-0.05, 0) is 99.2 Å². The van der Waals surface area contributed by atoms with Crippen molar-refractivity contribution in [1.29, 1.82) is 0 Å². The van der Waals surface area contributed by atoms with Gasteiger partial charge >= 0.3 is 0 Å². The molecule has 2 amide bonds. The van der Waals surface area contributed by atoms with Crippen LogP contribution < -0.4 is 14.4 Å². The predicted molar refractivity (Wildman–Crippen MR) is 191 cm³/mol. The number of carbonyl (C=O) groups excluding carboxylic acids is 2. The number of amides is 2. The molecule has 3 aromatic rings. The van der Waals surface area contributed by atoms with Gasteiger partial charge in [-0.2, -0.15) is 5.10 Å². The van der Waals surface area contributed by atoms with Crippen LogP contribution in [0.1, 0.15) is 61.0 Å². The first kappa shape index (κ1) is 34.7. The monoisotopic (exact) mass is 721 g/mol. The highest BCUT2D eigenvalue weighted by Crippen LogP contribution is 2.47. The second-order valence-electron chi connectivity index (χ2n) is 14.4. The van der Waals surface area contributed by atoms with Gasteiger partial charge in [0.05, 0.1) is 41.7 Å². The third-order valence-electron chi connectivity index (χ3n) is 10.7. The van der Waals surface area contributed by atoms with Gasteiger partial charge in [-0.3, -0.25) is 19.0 Å². The van der Waals surface area contributed by atoms with Gasteiger partial charge in [-0.25, -0.2) is 4.21 Å². The van der Waals surface area contributed by atoms with Crippen molar-refractivity contribution >= 4 is 39.0 Å². The van der Waals surface area contributed by atoms with Gasteiger partial charge < -0.3 is 19.1 Å². The number of methoxy groups -OCH3 is 1. The molecule has 1 unspecified atom stereocenters. The molecule has 2 aliphatic carbocycles. The normalized spacial score (nSPS) is 29.7. The smallest absolute Gasteiger partial charge is 0.287 e. The zero-order valence-corrected chi connectivity index (χ0v) is 30.5. The van der Waals surface area contributed by atoms with Gasteiger partial charge in [0, 0.05) is 43.9 Å². The molecule has 13 heteroatoms. The topological polar surface area (TPSA) is 124 Å². The average Bonchev–Trinajstić information content (AvgIpc) is 3.45. The lowest BCUT2D eigenvalue weighted by Gasteiger charge is -2.46. The Labute approximate surface area is 298 Å². The van der Waals surface area contributed by atoms with E-state index < -0.39 is 27.3 Å². The number of hydrogen-bond donors (Lipinski definition) is 1. The number of rotatable bonds is 3. The fourth-order valence-electron chi connectivity index (χ4n) is 7.79. The summed E-state index contributed by atoms with van der Waals surface area (Å²) in [5.74, 6) is -0.201. The van der Waals surface area contributed by atoms with E-state index in [1.165, 1.54) is 28.2 Å². The molecule has 266 valence electrons. The van der Waals surface area contributed by atoms with Crippen LogP contribution in [-0.2, 0) is 43.1 Å². The summed E-state index contributed by atoms with van der Waals surface area (Å²) in [7, 11) is -0.465. The van der Waals surface area contributed by atoms with Crippen molar-refractivity contribution in [2.75, 3.05) is 38.3 Å². The van der Waals surface area contributed by atoms with Crippen LogP contribution in [0.3, 0.4) is 0 Å². The molecule has 2 bridgehead atoms. The van der Waals surface area contributed by atoms with Crippen LogP contribution in [0.2, 0.25) is 5.02 Å². The number of nitrogens with one attached hydrogen (secondary N) is 1. The quantitative estimate of drug-likeness (QED) is 0.344. The van der Waals surface area contributed by atoms with Crippen LogP contribution in [-0.4, -0.2) is 70.9 Å². The summed E-state index contributed by atoms with van der Waals surface area (Å²) in [6, 6.07) is 11.3. The lowest BCUT2D eigenvalue weighted by atomic mass is 9.68. The third-order valence-corrected chi connectivity index (χ3v) is 12.8. The van der Waals surface area contributed by atoms with Gasteiger partial charge in [-0.1, -0.05) is 29.8 Å². The highest BCUT2D eigenvalue weighted by Gasteiger charge is 2.44. The number of aryl methyl sites for hydroxylation is 2. The van der Waals surface area contributed by atoms with Gasteiger partial charge in [0.2, 0.25) is 0 Å². The van der Waals surface area contributed by atoms with Crippen molar-refractivity contribution in [2.45, 2.75) is 68.0 Å². The van der Waals surface area contributed by atoms with Crippen LogP contribution in [0.25, 0.3) is 0 Å². The fraction of sp³-hybridized carbons (Fsp3) is 0.486. The highest BCUT2D eigenvalue weighted by molar-refractivity contribution is 7.92. The summed E-state index contributed by atoms with van der Waals surface area (Å²) in [6.45, 7) is 5.12. The van der Waals surface area contributed by atoms with E-state index in [4.69, 9.17) is 25.8 Å². The van der Waals surface area contributed by atoms with Crippen LogP contribution in [0.5, 0.6) is 5.75 Å². The van der Waals surface area contributed by atoms with E-state index in [2.05, 4.69) is 31.2 Å². The Morgan fingerprint density at radius 1 is 1.18 bits per heavy atom. The number of hydrogen-bond acceptors (Lipinski definition) is 8. The summed E-state index contributed by atoms with van der Waals surface area (Å²) in [5.41, 5.74) is 1.66. The van der Waals surface area contributed by atoms with Gasteiger partial charge in [0.1, 0.15) is 11.4 Å². The maximum atomic E-state index is 15.0. The summed E-state index contributed by atoms with van der Waals surface area (Å²) < 4.78 is 41.9. The average molecular weight is 722 g/mol. The molecular weight excluding hydrogens is 678 g/mol. The Kier molecular flexibility index (Phi) is 9.34. The van der Waals surface area contributed by atoms with E-state index >= 15 is 4.21 Å². The van der Waals surface area contributed by atoms with Crippen molar-refractivity contribution in [3.05, 3.63) is 82.7 Å². The molecule has 5 atom stereocenters. The number of fused-ring (bicyclic) bond motifs is 4. The maximum Gasteiger partial charge on any atom is 0.287 e. The first-order chi connectivity index (χ1) is 23.9. The molecule has 50 heavy (non-hydrogen) atoms. The zero-order chi connectivity index (χ0) is 35.3. The SMILES string of the molecule is CO[C@H]1/C=C\COC(C)(C)C(=O)N=S(=O)(NC(=O)c2cnn(C)c2)c2ccc3c(c2)N(C[C@@H]2CC[C@H]21)C[C@@]1(CCCc2cc(Cl)ccc21)CO3. The molecule has 3 heterocycles. The summed E-state index contributed by atoms with van der Waals surface area (Å²) in [4.78, 5) is 29.8. The molecule has 11 nitrogen and oxygen atoms in total. The number of aromatic nitrogens is 2. The van der Waals surface area contributed by atoms with Crippen molar-refractivity contribution in [2.24, 2.45) is 23.2 Å². The van der Waals surface area contributed by atoms with Crippen LogP contribution in [0, 0.1) is 11.8 Å². The van der Waals surface area contributed by atoms with E-state index in [9.17, 15) is 9.59 Å². The van der Waals surface area contributed by atoms with E-state index in [1.54, 1.807) is 46.2 Å². The van der Waals surface area contributed by atoms with Crippen molar-refractivity contribution in [3.63, 3.8) is 0 Å². The minimum atomic E-state index is -3.87. The molecule has 7 rings (SSSR count). The third kappa shape index (κ3) is 6.58. The van der Waals surface area contributed by atoms with Crippen molar-refractivity contribution < 1.29 is 28.0 Å². The second-order valence-corrected chi connectivity index (χ2v) is 16.8. The van der Waals surface area contributed by atoms with Gasteiger partial charge in [-0.15, -0.1) is 4.36 Å². The van der Waals surface area contributed by atoms with Gasteiger partial charge in [0.25, 0.3) is 11.8 Å². The Hall–Kier alpha value is -3.71. The Morgan fingerprint density at radius 2 is 2.02 bits per heavy atom. The Balaban J connectivity index is 1.37. The number of halogens is 1. The summed E-state index contributed by atoms with van der Waals surface area (Å²) in [6.07, 6.45) is 11.6. The Bertz CT molecular complexity index is 1970. The standard InChI is InChI=1S/C37H44ClN5O6S/c1-36(2)35(45)41-50(46,40-34(44)26-19-39-42(3)20-26)28-11-14-33-31(18-28)43(21-25-9-12-29(25)32(47-4)8-6-16-49-36)22-37(23-48-33)15-5-7-24-17-27(38)10-13-30(24)37/h6,8,10-11,13-14,17-20,25,29,32H,5,7,9,12,15-16,21-23H2,1-4H3,(H,40,41,44,45,46)/b8-6-/t25-,29+,32-,37-,50?/m0/s1. The lowest BCUT2D eigenvalue weighted by molar-refractivity contribution is -0.137. The molecule has 4 aliphatic rings. The molecule has 1 aromatic heterocycles. The minimum Gasteiger partial charge on any atom is -0.490 e. The molecule has 1 fully saturated rings. The molecule has 0 saturated heterocycles. The molecule has 1 spiro atoms. The maximum absolute atomic E-state index is 15.0. The van der Waals surface area contributed by atoms with E-state index in [-0.39, 0.29) is 34.5 Å². The number of ether oxygens (including phenoxy) is 3. The van der Waals surface area contributed by atoms with E-state index in [1.807, 2.05) is 18.2 Å². The minimum absolute atomic E-state index is 0.115. The second kappa shape index (κ2) is 13.4. The van der Waals surface area contributed by atoms with E-state index in [0.29, 0.717) is 31.4 Å². The number of nitrogens with zero attached hydrogens (tertiary/aromatic N) is 4. The molecule has 0 radical (unpaired) electrons. The first-order valence-corrected chi connectivity index (χ1v) is 19.1.